The van der Waals surface area contributed by atoms with Crippen molar-refractivity contribution in [3.8, 4) is 5.75 Å². The Morgan fingerprint density at radius 1 is 1.29 bits per heavy atom. The highest BCUT2D eigenvalue weighted by Gasteiger charge is 2.12. The second-order valence-electron chi connectivity index (χ2n) is 4.68. The molecule has 0 atom stereocenters. The van der Waals surface area contributed by atoms with Crippen LogP contribution >= 0.6 is 0 Å². The molecular weight excluding hydrogens is 217 g/mol. The molecule has 1 N–H and O–H groups in total. The van der Waals surface area contributed by atoms with Gasteiger partial charge in [0.15, 0.2) is 11.6 Å². The van der Waals surface area contributed by atoms with E-state index >= 15 is 0 Å². The van der Waals surface area contributed by atoms with Crippen LogP contribution in [0.15, 0.2) is 18.2 Å². The number of halogens is 1. The minimum Gasteiger partial charge on any atom is -0.494 e. The molecule has 0 spiro atoms. The number of methoxy groups -OCH3 is 1. The molecule has 94 valence electrons. The lowest BCUT2D eigenvalue weighted by atomic mass is 9.95. The van der Waals surface area contributed by atoms with Crippen molar-refractivity contribution in [1.82, 2.24) is 5.32 Å². The maximum absolute atomic E-state index is 13.5. The molecule has 1 aromatic carbocycles. The Morgan fingerprint density at radius 2 is 2.06 bits per heavy atom. The van der Waals surface area contributed by atoms with Crippen LogP contribution in [0.5, 0.6) is 5.75 Å². The van der Waals surface area contributed by atoms with Crippen molar-refractivity contribution in [2.75, 3.05) is 7.11 Å². The van der Waals surface area contributed by atoms with Crippen molar-refractivity contribution in [2.45, 2.75) is 44.7 Å². The molecule has 2 nitrogen and oxygen atoms in total. The predicted molar refractivity (Wildman–Crippen MR) is 66.7 cm³/mol. The third kappa shape index (κ3) is 3.43. The highest BCUT2D eigenvalue weighted by molar-refractivity contribution is 5.29. The summed E-state index contributed by atoms with van der Waals surface area (Å²) in [6.45, 7) is 0.742. The van der Waals surface area contributed by atoms with Crippen molar-refractivity contribution in [3.63, 3.8) is 0 Å². The van der Waals surface area contributed by atoms with Crippen LogP contribution in [-0.2, 0) is 6.54 Å². The first-order valence-corrected chi connectivity index (χ1v) is 6.35. The molecule has 0 bridgehead atoms. The van der Waals surface area contributed by atoms with Crippen LogP contribution in [0.2, 0.25) is 0 Å². The van der Waals surface area contributed by atoms with Crippen molar-refractivity contribution < 1.29 is 9.13 Å². The number of benzene rings is 1. The van der Waals surface area contributed by atoms with Gasteiger partial charge in [0.05, 0.1) is 7.11 Å². The fourth-order valence-electron chi connectivity index (χ4n) is 2.39. The molecular formula is C14H20FNO. The zero-order chi connectivity index (χ0) is 12.1. The standard InChI is InChI=1S/C14H20FNO/c1-17-14-8-7-11(9-13(14)15)10-16-12-5-3-2-4-6-12/h7-9,12,16H,2-6,10H2,1H3. The fourth-order valence-corrected chi connectivity index (χ4v) is 2.39. The minimum atomic E-state index is -0.282. The molecule has 1 aromatic rings. The topological polar surface area (TPSA) is 21.3 Å². The van der Waals surface area contributed by atoms with Gasteiger partial charge in [0.2, 0.25) is 0 Å². The van der Waals surface area contributed by atoms with E-state index in [0.29, 0.717) is 11.8 Å². The number of rotatable bonds is 4. The van der Waals surface area contributed by atoms with Gasteiger partial charge in [-0.05, 0) is 30.5 Å². The summed E-state index contributed by atoms with van der Waals surface area (Å²) >= 11 is 0. The molecule has 1 aliphatic rings. The van der Waals surface area contributed by atoms with Gasteiger partial charge >= 0.3 is 0 Å². The average molecular weight is 237 g/mol. The smallest absolute Gasteiger partial charge is 0.165 e. The first kappa shape index (κ1) is 12.4. The van der Waals surface area contributed by atoms with E-state index in [2.05, 4.69) is 5.32 Å². The number of hydrogen-bond donors (Lipinski definition) is 1. The minimum absolute atomic E-state index is 0.282. The molecule has 2 rings (SSSR count). The maximum Gasteiger partial charge on any atom is 0.165 e. The Kier molecular flexibility index (Phi) is 4.37. The highest BCUT2D eigenvalue weighted by Crippen LogP contribution is 2.20. The molecule has 1 aliphatic carbocycles. The zero-order valence-electron chi connectivity index (χ0n) is 10.3. The first-order chi connectivity index (χ1) is 8.29. The summed E-state index contributed by atoms with van der Waals surface area (Å²) < 4.78 is 18.4. The second kappa shape index (κ2) is 6.01. The van der Waals surface area contributed by atoms with Crippen LogP contribution in [0.1, 0.15) is 37.7 Å². The largest absolute Gasteiger partial charge is 0.494 e. The third-order valence-electron chi connectivity index (χ3n) is 3.42. The van der Waals surface area contributed by atoms with Crippen molar-refractivity contribution in [2.24, 2.45) is 0 Å². The van der Waals surface area contributed by atoms with Crippen LogP contribution < -0.4 is 10.1 Å². The van der Waals surface area contributed by atoms with Crippen LogP contribution in [0, 0.1) is 5.82 Å². The summed E-state index contributed by atoms with van der Waals surface area (Å²) in [4.78, 5) is 0. The van der Waals surface area contributed by atoms with Crippen molar-refractivity contribution in [3.05, 3.63) is 29.6 Å². The van der Waals surface area contributed by atoms with E-state index in [-0.39, 0.29) is 5.82 Å². The number of nitrogens with one attached hydrogen (secondary N) is 1. The van der Waals surface area contributed by atoms with E-state index in [1.54, 1.807) is 12.1 Å². The van der Waals surface area contributed by atoms with Crippen LogP contribution in [-0.4, -0.2) is 13.2 Å². The normalized spacial score (nSPS) is 17.1. The molecule has 0 heterocycles. The van der Waals surface area contributed by atoms with E-state index in [9.17, 15) is 4.39 Å². The summed E-state index contributed by atoms with van der Waals surface area (Å²) in [6, 6.07) is 5.76. The second-order valence-corrected chi connectivity index (χ2v) is 4.68. The van der Waals surface area contributed by atoms with Crippen LogP contribution in [0.3, 0.4) is 0 Å². The Balaban J connectivity index is 1.87. The molecule has 0 aromatic heterocycles. The first-order valence-electron chi connectivity index (χ1n) is 6.35. The number of ether oxygens (including phenoxy) is 1. The summed E-state index contributed by atoms with van der Waals surface area (Å²) in [5.41, 5.74) is 0.980. The molecule has 0 amide bonds. The van der Waals surface area contributed by atoms with Gasteiger partial charge < -0.3 is 10.1 Å². The van der Waals surface area contributed by atoms with E-state index in [0.717, 1.165) is 12.1 Å². The molecule has 1 saturated carbocycles. The molecule has 0 radical (unpaired) electrons. The lowest BCUT2D eigenvalue weighted by Gasteiger charge is -2.22. The van der Waals surface area contributed by atoms with Crippen molar-refractivity contribution >= 4 is 0 Å². The Bertz CT molecular complexity index is 361. The fraction of sp³-hybridized carbons (Fsp3) is 0.571. The van der Waals surface area contributed by atoms with Gasteiger partial charge in [-0.1, -0.05) is 25.3 Å². The quantitative estimate of drug-likeness (QED) is 0.868. The molecule has 0 unspecified atom stereocenters. The summed E-state index contributed by atoms with van der Waals surface area (Å²) in [7, 11) is 1.48. The van der Waals surface area contributed by atoms with Gasteiger partial charge in [-0.3, -0.25) is 0 Å². The molecule has 0 saturated heterocycles. The zero-order valence-corrected chi connectivity index (χ0v) is 10.3. The lowest BCUT2D eigenvalue weighted by Crippen LogP contribution is -2.30. The van der Waals surface area contributed by atoms with Gasteiger partial charge in [-0.15, -0.1) is 0 Å². The average Bonchev–Trinajstić information content (AvgIpc) is 2.38. The van der Waals surface area contributed by atoms with Crippen LogP contribution in [0.25, 0.3) is 0 Å². The molecule has 1 fully saturated rings. The summed E-state index contributed by atoms with van der Waals surface area (Å²) in [6.07, 6.45) is 6.48. The highest BCUT2D eigenvalue weighted by atomic mass is 19.1. The van der Waals surface area contributed by atoms with Gasteiger partial charge in [-0.2, -0.15) is 0 Å². The summed E-state index contributed by atoms with van der Waals surface area (Å²) in [5.74, 6) is 0.0295. The number of hydrogen-bond acceptors (Lipinski definition) is 2. The van der Waals surface area contributed by atoms with Gasteiger partial charge in [-0.25, -0.2) is 4.39 Å². The van der Waals surface area contributed by atoms with Gasteiger partial charge in [0.25, 0.3) is 0 Å². The maximum atomic E-state index is 13.5. The molecule has 3 heteroatoms. The van der Waals surface area contributed by atoms with Gasteiger partial charge in [0, 0.05) is 12.6 Å². The van der Waals surface area contributed by atoms with E-state index in [1.165, 1.54) is 39.2 Å². The van der Waals surface area contributed by atoms with E-state index in [1.807, 2.05) is 6.07 Å². The van der Waals surface area contributed by atoms with Crippen molar-refractivity contribution in [1.29, 1.82) is 0 Å². The van der Waals surface area contributed by atoms with E-state index in [4.69, 9.17) is 4.74 Å². The SMILES string of the molecule is COc1ccc(CNC2CCCCC2)cc1F. The monoisotopic (exact) mass is 237 g/mol. The Labute approximate surface area is 102 Å². The Morgan fingerprint density at radius 3 is 2.71 bits per heavy atom. The van der Waals surface area contributed by atoms with Gasteiger partial charge in [0.1, 0.15) is 0 Å². The van der Waals surface area contributed by atoms with Crippen LogP contribution in [0.4, 0.5) is 4.39 Å². The third-order valence-corrected chi connectivity index (χ3v) is 3.42. The van der Waals surface area contributed by atoms with E-state index < -0.39 is 0 Å². The predicted octanol–water partition coefficient (Wildman–Crippen LogP) is 3.26. The summed E-state index contributed by atoms with van der Waals surface area (Å²) in [5, 5.41) is 3.50. The molecule has 0 aliphatic heterocycles. The lowest BCUT2D eigenvalue weighted by molar-refractivity contribution is 0.370. The Hall–Kier alpha value is -1.09. The molecule has 17 heavy (non-hydrogen) atoms.